The van der Waals surface area contributed by atoms with E-state index in [1.807, 2.05) is 6.33 Å². The van der Waals surface area contributed by atoms with E-state index < -0.39 is 5.54 Å². The summed E-state index contributed by atoms with van der Waals surface area (Å²) in [6, 6.07) is 53.5. The lowest BCUT2D eigenvalue weighted by Gasteiger charge is -2.37. The molecule has 0 N–H and O–H groups in total. The second kappa shape index (κ2) is 15.1. The predicted octanol–water partition coefficient (Wildman–Crippen LogP) is 9.03. The zero-order valence-corrected chi connectivity index (χ0v) is 27.8. The molecule has 0 unspecified atom stereocenters. The number of thioether (sulfide) groups is 1. The maximum absolute atomic E-state index is 4.99. The molecule has 0 aliphatic carbocycles. The van der Waals surface area contributed by atoms with Crippen LogP contribution < -0.4 is 0 Å². The van der Waals surface area contributed by atoms with Gasteiger partial charge in [-0.3, -0.25) is 0 Å². The lowest BCUT2D eigenvalue weighted by Crippen LogP contribution is -2.36. The largest absolute Gasteiger partial charge is 0.319 e. The van der Waals surface area contributed by atoms with Gasteiger partial charge in [-0.05, 0) is 47.1 Å². The summed E-state index contributed by atoms with van der Waals surface area (Å²) in [4.78, 5) is 4.99. The fourth-order valence-corrected chi connectivity index (χ4v) is 7.48. The first kappa shape index (κ1) is 31.4. The van der Waals surface area contributed by atoms with Crippen molar-refractivity contribution in [1.82, 2.24) is 24.3 Å². The second-order valence-corrected chi connectivity index (χ2v) is 12.9. The van der Waals surface area contributed by atoms with Crippen LogP contribution in [0, 0.1) is 0 Å². The van der Waals surface area contributed by atoms with E-state index in [9.17, 15) is 0 Å². The minimum atomic E-state index is -0.560. The number of imidazole rings is 1. The second-order valence-electron chi connectivity index (χ2n) is 12.0. The van der Waals surface area contributed by atoms with E-state index in [2.05, 4.69) is 177 Å². The summed E-state index contributed by atoms with van der Waals surface area (Å²) in [5, 5.41) is 10.3. The van der Waals surface area contributed by atoms with Crippen molar-refractivity contribution in [3.8, 4) is 0 Å². The predicted molar refractivity (Wildman–Crippen MR) is 195 cm³/mol. The van der Waals surface area contributed by atoms with Gasteiger partial charge in [0, 0.05) is 24.9 Å². The summed E-state index contributed by atoms with van der Waals surface area (Å²) in [7, 11) is 0. The Morgan fingerprint density at radius 1 is 0.542 bits per heavy atom. The third-order valence-electron chi connectivity index (χ3n) is 8.90. The average molecular weight is 646 g/mol. The molecule has 0 saturated heterocycles. The summed E-state index contributed by atoms with van der Waals surface area (Å²) in [6.07, 6.45) is 7.81. The van der Waals surface area contributed by atoms with Crippen molar-refractivity contribution >= 4 is 11.8 Å². The van der Waals surface area contributed by atoms with Gasteiger partial charge < -0.3 is 9.13 Å². The first-order chi connectivity index (χ1) is 23.8. The molecule has 5 aromatic carbocycles. The zero-order chi connectivity index (χ0) is 32.4. The van der Waals surface area contributed by atoms with Crippen LogP contribution in [0.5, 0.6) is 0 Å². The van der Waals surface area contributed by atoms with E-state index in [1.54, 1.807) is 11.8 Å². The standard InChI is InChI=1S/C42H39N5S/c1-6-17-34(18-7-1)28-29-40-44-45-41(48-32-35-19-8-2-9-20-35)47(40)30-16-27-39-31-46(33-43-39)42(36-21-10-3-11-22-36,37-23-12-4-13-24-37)38-25-14-5-15-26-38/h1-15,17-26,31,33H,16,27-30,32H2. The molecule has 2 aromatic heterocycles. The van der Waals surface area contributed by atoms with Crippen LogP contribution in [-0.2, 0) is 37.1 Å². The van der Waals surface area contributed by atoms with Crippen molar-refractivity contribution in [2.45, 2.75) is 48.7 Å². The van der Waals surface area contributed by atoms with E-state index >= 15 is 0 Å². The molecule has 2 heterocycles. The normalized spacial score (nSPS) is 11.5. The highest BCUT2D eigenvalue weighted by Gasteiger charge is 2.38. The molecule has 0 aliphatic heterocycles. The van der Waals surface area contributed by atoms with Gasteiger partial charge in [0.1, 0.15) is 11.4 Å². The van der Waals surface area contributed by atoms with Crippen LogP contribution in [0.2, 0.25) is 0 Å². The molecule has 0 bridgehead atoms. The van der Waals surface area contributed by atoms with Gasteiger partial charge >= 0.3 is 0 Å². The minimum absolute atomic E-state index is 0.560. The number of benzene rings is 5. The monoisotopic (exact) mass is 645 g/mol. The maximum Gasteiger partial charge on any atom is 0.191 e. The Hall–Kier alpha value is -5.20. The van der Waals surface area contributed by atoms with Gasteiger partial charge in [0.05, 0.1) is 12.0 Å². The number of aromatic nitrogens is 5. The van der Waals surface area contributed by atoms with E-state index in [1.165, 1.54) is 27.8 Å². The number of nitrogens with zero attached hydrogens (tertiary/aromatic N) is 5. The van der Waals surface area contributed by atoms with Crippen LogP contribution in [0.3, 0.4) is 0 Å². The first-order valence-electron chi connectivity index (χ1n) is 16.6. The SMILES string of the molecule is c1ccc(CCc2nnc(SCc3ccccc3)n2CCCc2cn(C(c3ccccc3)(c3ccccc3)c3ccccc3)cn2)cc1. The van der Waals surface area contributed by atoms with Gasteiger partial charge in [-0.25, -0.2) is 4.98 Å². The van der Waals surface area contributed by atoms with Crippen LogP contribution >= 0.6 is 11.8 Å². The Labute approximate surface area is 287 Å². The molecule has 7 aromatic rings. The molecule has 0 saturated carbocycles. The van der Waals surface area contributed by atoms with E-state index in [0.717, 1.165) is 54.7 Å². The molecule has 0 aliphatic rings. The fourth-order valence-electron chi connectivity index (χ4n) is 6.54. The number of hydrogen-bond donors (Lipinski definition) is 0. The van der Waals surface area contributed by atoms with Crippen molar-refractivity contribution in [3.05, 3.63) is 204 Å². The van der Waals surface area contributed by atoms with Gasteiger partial charge in [0.2, 0.25) is 0 Å². The first-order valence-corrected chi connectivity index (χ1v) is 17.6. The molecule has 0 atom stereocenters. The van der Waals surface area contributed by atoms with E-state index in [4.69, 9.17) is 4.98 Å². The minimum Gasteiger partial charge on any atom is -0.319 e. The summed E-state index contributed by atoms with van der Waals surface area (Å²) >= 11 is 1.76. The zero-order valence-electron chi connectivity index (χ0n) is 27.0. The van der Waals surface area contributed by atoms with Crippen LogP contribution in [0.15, 0.2) is 169 Å². The van der Waals surface area contributed by atoms with Crippen molar-refractivity contribution in [2.75, 3.05) is 0 Å². The molecular formula is C42H39N5S. The molecule has 0 radical (unpaired) electrons. The highest BCUT2D eigenvalue weighted by atomic mass is 32.2. The average Bonchev–Trinajstić information content (AvgIpc) is 3.79. The summed E-state index contributed by atoms with van der Waals surface area (Å²) in [6.45, 7) is 0.836. The molecule has 7 rings (SSSR count). The number of hydrogen-bond acceptors (Lipinski definition) is 4. The summed E-state index contributed by atoms with van der Waals surface area (Å²) in [5.74, 6) is 1.90. The molecule has 0 fully saturated rings. The van der Waals surface area contributed by atoms with Gasteiger partial charge in [0.25, 0.3) is 0 Å². The number of rotatable bonds is 14. The topological polar surface area (TPSA) is 48.5 Å². The van der Waals surface area contributed by atoms with Crippen LogP contribution in [0.4, 0.5) is 0 Å². The van der Waals surface area contributed by atoms with Gasteiger partial charge in [-0.2, -0.15) is 0 Å². The molecule has 5 nitrogen and oxygen atoms in total. The summed E-state index contributed by atoms with van der Waals surface area (Å²) < 4.78 is 4.63. The van der Waals surface area contributed by atoms with Crippen molar-refractivity contribution in [2.24, 2.45) is 0 Å². The van der Waals surface area contributed by atoms with Crippen molar-refractivity contribution in [3.63, 3.8) is 0 Å². The van der Waals surface area contributed by atoms with E-state index in [-0.39, 0.29) is 0 Å². The highest BCUT2D eigenvalue weighted by molar-refractivity contribution is 7.98. The molecular weight excluding hydrogens is 607 g/mol. The van der Waals surface area contributed by atoms with Crippen LogP contribution in [0.25, 0.3) is 0 Å². The Morgan fingerprint density at radius 3 is 1.62 bits per heavy atom. The van der Waals surface area contributed by atoms with Gasteiger partial charge in [-0.15, -0.1) is 10.2 Å². The third kappa shape index (κ3) is 6.90. The summed E-state index contributed by atoms with van der Waals surface area (Å²) in [5.41, 5.74) is 6.69. The maximum atomic E-state index is 4.99. The quantitative estimate of drug-likeness (QED) is 0.0875. The Morgan fingerprint density at radius 2 is 1.06 bits per heavy atom. The molecule has 48 heavy (non-hydrogen) atoms. The number of aryl methyl sites for hydroxylation is 3. The van der Waals surface area contributed by atoms with Crippen molar-refractivity contribution < 1.29 is 0 Å². The third-order valence-corrected chi connectivity index (χ3v) is 9.93. The molecule has 238 valence electrons. The highest BCUT2D eigenvalue weighted by Crippen LogP contribution is 2.40. The Bertz CT molecular complexity index is 1830. The lowest BCUT2D eigenvalue weighted by atomic mass is 9.77. The molecule has 6 heteroatoms. The van der Waals surface area contributed by atoms with E-state index in [0.29, 0.717) is 0 Å². The molecule has 0 amide bonds. The van der Waals surface area contributed by atoms with Crippen molar-refractivity contribution in [1.29, 1.82) is 0 Å². The van der Waals surface area contributed by atoms with Gasteiger partial charge in [0.15, 0.2) is 5.16 Å². The Kier molecular flexibility index (Phi) is 9.90. The molecule has 0 spiro atoms. The fraction of sp³-hybridized carbons (Fsp3) is 0.167. The Balaban J connectivity index is 1.15. The van der Waals surface area contributed by atoms with Crippen LogP contribution in [0.1, 0.15) is 45.8 Å². The van der Waals surface area contributed by atoms with Gasteiger partial charge in [-0.1, -0.05) is 163 Å². The smallest absolute Gasteiger partial charge is 0.191 e. The van der Waals surface area contributed by atoms with Crippen LogP contribution in [-0.4, -0.2) is 24.3 Å². The lowest BCUT2D eigenvalue weighted by molar-refractivity contribution is 0.513.